The lowest BCUT2D eigenvalue weighted by Gasteiger charge is -2.19. The lowest BCUT2D eigenvalue weighted by atomic mass is 10.1. The number of aromatic nitrogens is 2. The summed E-state index contributed by atoms with van der Waals surface area (Å²) in [6.45, 7) is 5.48. The molecule has 0 aliphatic rings. The largest absolute Gasteiger partial charge is 0.508 e. The van der Waals surface area contributed by atoms with E-state index in [0.29, 0.717) is 26.1 Å². The van der Waals surface area contributed by atoms with Gasteiger partial charge < -0.3 is 16.6 Å². The van der Waals surface area contributed by atoms with Gasteiger partial charge in [-0.3, -0.25) is 9.36 Å². The van der Waals surface area contributed by atoms with Gasteiger partial charge in [0.1, 0.15) is 27.3 Å². The topological polar surface area (TPSA) is 107 Å². The number of carbonyl (C=O) groups excluding carboxylic acids is 1. The van der Waals surface area contributed by atoms with E-state index in [9.17, 15) is 9.90 Å². The molecule has 0 atom stereocenters. The molecule has 8 heteroatoms. The summed E-state index contributed by atoms with van der Waals surface area (Å²) < 4.78 is 2.71. The molecule has 2 heterocycles. The molecule has 3 rings (SSSR count). The van der Waals surface area contributed by atoms with Gasteiger partial charge in [0.05, 0.1) is 15.4 Å². The Kier molecular flexibility index (Phi) is 3.81. The van der Waals surface area contributed by atoms with E-state index in [2.05, 4.69) is 4.98 Å². The number of thiazole rings is 1. The van der Waals surface area contributed by atoms with Gasteiger partial charge in [0, 0.05) is 5.56 Å². The Hall–Kier alpha value is -2.45. The second-order valence-corrected chi connectivity index (χ2v) is 7.14. The molecule has 0 saturated heterocycles. The number of aryl methyl sites for hydroxylation is 2. The second-order valence-electron chi connectivity index (χ2n) is 5.55. The van der Waals surface area contributed by atoms with Crippen LogP contribution in [0.25, 0.3) is 15.9 Å². The van der Waals surface area contributed by atoms with E-state index >= 15 is 0 Å². The molecule has 2 aromatic heterocycles. The first-order valence-electron chi connectivity index (χ1n) is 7.15. The average Bonchev–Trinajstić information content (AvgIpc) is 2.87. The quantitative estimate of drug-likeness (QED) is 0.609. The Morgan fingerprint density at radius 1 is 1.33 bits per heavy atom. The molecule has 0 unspecified atom stereocenters. The fourth-order valence-corrected chi connectivity index (χ4v) is 4.09. The molecule has 1 amide bonds. The van der Waals surface area contributed by atoms with Crippen LogP contribution in [0.2, 0.25) is 0 Å². The van der Waals surface area contributed by atoms with Crippen molar-refractivity contribution in [1.29, 1.82) is 0 Å². The van der Waals surface area contributed by atoms with Crippen LogP contribution in [0.1, 0.15) is 26.5 Å². The number of aromatic hydroxyl groups is 1. The van der Waals surface area contributed by atoms with Crippen molar-refractivity contribution >= 4 is 45.5 Å². The molecule has 1 aromatic carbocycles. The van der Waals surface area contributed by atoms with E-state index < -0.39 is 5.91 Å². The van der Waals surface area contributed by atoms with Gasteiger partial charge in [0.25, 0.3) is 5.91 Å². The lowest BCUT2D eigenvalue weighted by Crippen LogP contribution is -2.19. The third-order valence-corrected chi connectivity index (χ3v) is 5.43. The monoisotopic (exact) mass is 360 g/mol. The van der Waals surface area contributed by atoms with Crippen molar-refractivity contribution in [3.05, 3.63) is 38.5 Å². The van der Waals surface area contributed by atoms with Crippen molar-refractivity contribution in [2.24, 2.45) is 5.73 Å². The Morgan fingerprint density at radius 2 is 2.00 bits per heavy atom. The maximum absolute atomic E-state index is 12.0. The van der Waals surface area contributed by atoms with E-state index in [1.54, 1.807) is 23.6 Å². The first kappa shape index (κ1) is 16.4. The Bertz CT molecular complexity index is 1070. The van der Waals surface area contributed by atoms with Crippen molar-refractivity contribution in [2.75, 3.05) is 5.73 Å². The van der Waals surface area contributed by atoms with Crippen molar-refractivity contribution < 1.29 is 9.90 Å². The number of primary amides is 1. The van der Waals surface area contributed by atoms with E-state index in [1.165, 1.54) is 11.3 Å². The number of nitrogens with two attached hydrogens (primary N) is 2. The number of carbonyl (C=O) groups is 1. The normalized spacial score (nSPS) is 11.1. The summed E-state index contributed by atoms with van der Waals surface area (Å²) in [5, 5.41) is 10.8. The number of phenolic OH excluding ortho intramolecular Hbond substituents is 1. The van der Waals surface area contributed by atoms with Crippen molar-refractivity contribution in [3.63, 3.8) is 0 Å². The number of phenols is 1. The van der Waals surface area contributed by atoms with Crippen LogP contribution in [0, 0.1) is 25.4 Å². The number of nitrogen functional groups attached to an aromatic ring is 1. The molecule has 0 aliphatic carbocycles. The fraction of sp³-hybridized carbons (Fsp3) is 0.188. The minimum atomic E-state index is -0.665. The number of hydrogen-bond donors (Lipinski definition) is 3. The number of fused-ring (bicyclic) bond motifs is 1. The van der Waals surface area contributed by atoms with Gasteiger partial charge in [0.2, 0.25) is 0 Å². The SMILES string of the molecule is Cc1nc2c(C(N)=O)c(N)n(-c3c(C)ccc(O)c3C)c(=S)c2s1. The summed E-state index contributed by atoms with van der Waals surface area (Å²) in [4.78, 5) is 16.3. The summed E-state index contributed by atoms with van der Waals surface area (Å²) in [7, 11) is 0. The third kappa shape index (κ3) is 2.26. The molecule has 3 aromatic rings. The fourth-order valence-electron chi connectivity index (χ4n) is 2.82. The van der Waals surface area contributed by atoms with Crippen LogP contribution in [0.3, 0.4) is 0 Å². The lowest BCUT2D eigenvalue weighted by molar-refractivity contribution is 0.100. The van der Waals surface area contributed by atoms with Gasteiger partial charge in [-0.15, -0.1) is 11.3 Å². The zero-order chi connectivity index (χ0) is 17.8. The number of amides is 1. The average molecular weight is 360 g/mol. The van der Waals surface area contributed by atoms with Gasteiger partial charge in [-0.2, -0.15) is 0 Å². The highest BCUT2D eigenvalue weighted by molar-refractivity contribution is 7.71. The summed E-state index contributed by atoms with van der Waals surface area (Å²) >= 11 is 6.99. The Balaban J connectivity index is 2.58. The standard InChI is InChI=1S/C16H16N4O2S2/c1-6-4-5-9(21)7(2)12(6)20-14(17)10(15(18)22)11-13(16(20)23)24-8(3)19-11/h4-5,21H,17H2,1-3H3,(H2,18,22). The molecule has 0 spiro atoms. The van der Waals surface area contributed by atoms with E-state index in [1.807, 2.05) is 13.8 Å². The number of rotatable bonds is 2. The number of nitrogens with zero attached hydrogens (tertiary/aromatic N) is 2. The highest BCUT2D eigenvalue weighted by atomic mass is 32.1. The molecule has 6 nitrogen and oxygen atoms in total. The number of hydrogen-bond acceptors (Lipinski definition) is 6. The van der Waals surface area contributed by atoms with Crippen molar-refractivity contribution in [2.45, 2.75) is 20.8 Å². The van der Waals surface area contributed by atoms with E-state index in [0.717, 1.165) is 10.6 Å². The minimum Gasteiger partial charge on any atom is -0.508 e. The van der Waals surface area contributed by atoms with Crippen LogP contribution in [0.15, 0.2) is 12.1 Å². The minimum absolute atomic E-state index is 0.123. The van der Waals surface area contributed by atoms with E-state index in [4.69, 9.17) is 23.7 Å². The first-order chi connectivity index (χ1) is 11.2. The predicted molar refractivity (Wildman–Crippen MR) is 98.6 cm³/mol. The van der Waals surface area contributed by atoms with Gasteiger partial charge in [-0.25, -0.2) is 4.98 Å². The molecule has 0 saturated carbocycles. The molecule has 124 valence electrons. The maximum atomic E-state index is 12.0. The van der Waals surface area contributed by atoms with E-state index in [-0.39, 0.29) is 17.1 Å². The van der Waals surface area contributed by atoms with Crippen LogP contribution in [-0.4, -0.2) is 20.6 Å². The van der Waals surface area contributed by atoms with Crippen LogP contribution in [-0.2, 0) is 0 Å². The van der Waals surface area contributed by atoms with Crippen LogP contribution < -0.4 is 11.5 Å². The summed E-state index contributed by atoms with van der Waals surface area (Å²) in [6, 6.07) is 3.38. The zero-order valence-corrected chi connectivity index (χ0v) is 15.0. The molecule has 0 bridgehead atoms. The Morgan fingerprint density at radius 3 is 2.62 bits per heavy atom. The number of benzene rings is 1. The van der Waals surface area contributed by atoms with Gasteiger partial charge >= 0.3 is 0 Å². The van der Waals surface area contributed by atoms with Gasteiger partial charge in [-0.1, -0.05) is 18.3 Å². The Labute approximate surface area is 147 Å². The van der Waals surface area contributed by atoms with Crippen LogP contribution in [0.4, 0.5) is 5.82 Å². The summed E-state index contributed by atoms with van der Waals surface area (Å²) in [5.74, 6) is -0.415. The molecule has 0 radical (unpaired) electrons. The van der Waals surface area contributed by atoms with Gasteiger partial charge in [0.15, 0.2) is 0 Å². The van der Waals surface area contributed by atoms with Crippen LogP contribution in [0.5, 0.6) is 5.75 Å². The van der Waals surface area contributed by atoms with Crippen molar-refractivity contribution in [1.82, 2.24) is 9.55 Å². The summed E-state index contributed by atoms with van der Waals surface area (Å²) in [6.07, 6.45) is 0. The molecule has 0 aliphatic heterocycles. The molecular formula is C16H16N4O2S2. The highest BCUT2D eigenvalue weighted by Crippen LogP contribution is 2.35. The molecular weight excluding hydrogens is 344 g/mol. The second kappa shape index (κ2) is 5.57. The molecule has 24 heavy (non-hydrogen) atoms. The zero-order valence-electron chi connectivity index (χ0n) is 13.4. The number of pyridine rings is 1. The maximum Gasteiger partial charge on any atom is 0.254 e. The summed E-state index contributed by atoms with van der Waals surface area (Å²) in [5.41, 5.74) is 14.5. The third-order valence-electron chi connectivity index (χ3n) is 3.94. The number of anilines is 1. The van der Waals surface area contributed by atoms with Crippen LogP contribution >= 0.6 is 23.6 Å². The smallest absolute Gasteiger partial charge is 0.254 e. The van der Waals surface area contributed by atoms with Gasteiger partial charge in [-0.05, 0) is 32.4 Å². The van der Waals surface area contributed by atoms with Crippen molar-refractivity contribution in [3.8, 4) is 11.4 Å². The molecule has 5 N–H and O–H groups in total. The first-order valence-corrected chi connectivity index (χ1v) is 8.37. The molecule has 0 fully saturated rings. The predicted octanol–water partition coefficient (Wildman–Crippen LogP) is 3.13. The highest BCUT2D eigenvalue weighted by Gasteiger charge is 2.22.